The van der Waals surface area contributed by atoms with Crippen molar-refractivity contribution in [2.45, 2.75) is 66.5 Å². The van der Waals surface area contributed by atoms with E-state index in [1.165, 1.54) is 0 Å². The highest BCUT2D eigenvalue weighted by molar-refractivity contribution is 5.77. The molecular weight excluding hydrogens is 394 g/mol. The Morgan fingerprint density at radius 2 is 1.74 bits per heavy atom. The molecule has 0 bridgehead atoms. The summed E-state index contributed by atoms with van der Waals surface area (Å²) in [7, 11) is 1.74. The van der Waals surface area contributed by atoms with Crippen molar-refractivity contribution < 1.29 is 19.5 Å². The van der Waals surface area contributed by atoms with Crippen molar-refractivity contribution in [2.75, 3.05) is 7.05 Å². The lowest BCUT2D eigenvalue weighted by atomic mass is 9.98. The summed E-state index contributed by atoms with van der Waals surface area (Å²) in [4.78, 5) is 31.6. The molecule has 0 aliphatic rings. The van der Waals surface area contributed by atoms with Gasteiger partial charge in [-0.05, 0) is 38.3 Å². The van der Waals surface area contributed by atoms with Crippen molar-refractivity contribution >= 4 is 18.8 Å². The minimum absolute atomic E-state index is 0. The number of rotatable bonds is 14. The fourth-order valence-electron chi connectivity index (χ4n) is 2.36. The molecule has 0 unspecified atom stereocenters. The fourth-order valence-corrected chi connectivity index (χ4v) is 2.36. The lowest BCUT2D eigenvalue weighted by molar-refractivity contribution is -0.140. The van der Waals surface area contributed by atoms with Crippen LogP contribution in [0.4, 0.5) is 0 Å². The van der Waals surface area contributed by atoms with E-state index in [-0.39, 0.29) is 19.9 Å². The van der Waals surface area contributed by atoms with Crippen LogP contribution in [0.25, 0.3) is 0 Å². The third-order valence-corrected chi connectivity index (χ3v) is 4.00. The summed E-state index contributed by atoms with van der Waals surface area (Å²) >= 11 is 0. The van der Waals surface area contributed by atoms with Crippen molar-refractivity contribution in [1.82, 2.24) is 16.0 Å². The second-order valence-corrected chi connectivity index (χ2v) is 6.40. The number of hydrogen-bond donors (Lipinski definition) is 4. The predicted molar refractivity (Wildman–Crippen MR) is 130 cm³/mol. The number of carboxylic acid groups (broad SMARTS) is 1. The van der Waals surface area contributed by atoms with E-state index in [0.29, 0.717) is 12.8 Å². The predicted octanol–water partition coefficient (Wildman–Crippen LogP) is 3.87. The monoisotopic (exact) mass is 435 g/mol. The summed E-state index contributed by atoms with van der Waals surface area (Å²) in [5.74, 6) is -1.06. The summed E-state index contributed by atoms with van der Waals surface area (Å²) in [6.45, 7) is 11.7. The molecule has 0 fully saturated rings. The number of aliphatic carboxylic acids is 1. The van der Waals surface area contributed by atoms with Gasteiger partial charge in [-0.3, -0.25) is 9.59 Å². The van der Waals surface area contributed by atoms with Crippen LogP contribution in [0.5, 0.6) is 0 Å². The lowest BCUT2D eigenvalue weighted by Crippen LogP contribution is -2.36. The van der Waals surface area contributed by atoms with Crippen LogP contribution in [0.1, 0.15) is 54.4 Å². The zero-order valence-electron chi connectivity index (χ0n) is 18.8. The Morgan fingerprint density at radius 1 is 1.13 bits per heavy atom. The quantitative estimate of drug-likeness (QED) is 0.188. The Bertz CT molecular complexity index is 649. The van der Waals surface area contributed by atoms with E-state index in [1.54, 1.807) is 13.2 Å². The smallest absolute Gasteiger partial charge is 0.326 e. The topological polar surface area (TPSA) is 108 Å². The number of carboxylic acids is 1. The van der Waals surface area contributed by atoms with E-state index in [0.717, 1.165) is 29.6 Å². The molecule has 0 heterocycles. The van der Waals surface area contributed by atoms with E-state index in [9.17, 15) is 14.4 Å². The van der Waals surface area contributed by atoms with Gasteiger partial charge in [0.25, 0.3) is 0 Å². The van der Waals surface area contributed by atoms with E-state index in [1.807, 2.05) is 51.2 Å². The number of nitrogens with one attached hydrogen (secondary N) is 3. The summed E-state index contributed by atoms with van der Waals surface area (Å²) in [5.41, 5.74) is 2.78. The highest BCUT2D eigenvalue weighted by atomic mass is 16.4. The average molecular weight is 436 g/mol. The molecule has 4 N–H and O–H groups in total. The third-order valence-electron chi connectivity index (χ3n) is 4.00. The summed E-state index contributed by atoms with van der Waals surface area (Å²) < 4.78 is 0. The van der Waals surface area contributed by atoms with Gasteiger partial charge in [0.2, 0.25) is 12.8 Å². The molecule has 7 heteroatoms. The molecule has 7 nitrogen and oxygen atoms in total. The SMILES string of the molecule is C.C=C(CCC)[C@H](C)NC=O.C\C=C/C=C(\C=C/C)C(=C\NC)/C[C@H](NC=O)C(=O)O. The third kappa shape index (κ3) is 16.4. The van der Waals surface area contributed by atoms with E-state index in [4.69, 9.17) is 5.11 Å². The minimum atomic E-state index is -1.06. The summed E-state index contributed by atoms with van der Waals surface area (Å²) in [6, 6.07) is -0.830. The van der Waals surface area contributed by atoms with Crippen LogP contribution in [0, 0.1) is 0 Å². The van der Waals surface area contributed by atoms with E-state index < -0.39 is 12.0 Å². The Kier molecular flexibility index (Phi) is 22.7. The molecule has 0 aliphatic heterocycles. The molecule has 2 atom stereocenters. The zero-order chi connectivity index (χ0) is 23.4. The molecule has 0 rings (SSSR count). The minimum Gasteiger partial charge on any atom is -0.480 e. The van der Waals surface area contributed by atoms with Crippen LogP contribution in [0.15, 0.2) is 59.9 Å². The van der Waals surface area contributed by atoms with Gasteiger partial charge in [0, 0.05) is 25.7 Å². The van der Waals surface area contributed by atoms with Gasteiger partial charge in [-0.25, -0.2) is 4.79 Å². The Labute approximate surface area is 188 Å². The van der Waals surface area contributed by atoms with Gasteiger partial charge in [0.1, 0.15) is 6.04 Å². The molecule has 2 amide bonds. The van der Waals surface area contributed by atoms with Gasteiger partial charge < -0.3 is 21.1 Å². The highest BCUT2D eigenvalue weighted by Crippen LogP contribution is 2.18. The van der Waals surface area contributed by atoms with Gasteiger partial charge in [-0.2, -0.15) is 0 Å². The van der Waals surface area contributed by atoms with Gasteiger partial charge in [-0.1, -0.05) is 63.3 Å². The van der Waals surface area contributed by atoms with Gasteiger partial charge in [0.05, 0.1) is 0 Å². The summed E-state index contributed by atoms with van der Waals surface area (Å²) in [6.07, 6.45) is 14.5. The second kappa shape index (κ2) is 21.6. The van der Waals surface area contributed by atoms with Gasteiger partial charge in [-0.15, -0.1) is 0 Å². The normalized spacial score (nSPS) is 13.3. The maximum atomic E-state index is 11.1. The first-order valence-electron chi connectivity index (χ1n) is 9.94. The maximum Gasteiger partial charge on any atom is 0.326 e. The maximum absolute atomic E-state index is 11.1. The van der Waals surface area contributed by atoms with Crippen LogP contribution in [0.2, 0.25) is 0 Å². The number of carbonyl (C=O) groups excluding carboxylic acids is 2. The molecule has 0 aromatic rings. The molecular formula is C24H41N3O4. The van der Waals surface area contributed by atoms with Gasteiger partial charge in [0.15, 0.2) is 0 Å². The largest absolute Gasteiger partial charge is 0.480 e. The summed E-state index contributed by atoms with van der Waals surface area (Å²) in [5, 5.41) is 16.9. The molecule has 0 radical (unpaired) electrons. The average Bonchev–Trinajstić information content (AvgIpc) is 2.71. The Hall–Kier alpha value is -3.09. The lowest BCUT2D eigenvalue weighted by Gasteiger charge is -2.15. The Balaban J connectivity index is -0.000000604. The highest BCUT2D eigenvalue weighted by Gasteiger charge is 2.19. The fraction of sp³-hybridized carbons (Fsp3) is 0.458. The van der Waals surface area contributed by atoms with Crippen LogP contribution >= 0.6 is 0 Å². The number of carbonyl (C=O) groups is 3. The first-order chi connectivity index (χ1) is 14.3. The standard InChI is InChI=1S/C15H22N2O3.C8H15NO.CH4/c1-4-6-8-12(7-5-2)13(10-16-3)9-14(15(19)20)17-11-18;1-4-5-7(2)8(3)9-6-10;/h4-8,10-11,14,16H,9H2,1-3H3,(H,17,18)(H,19,20);6,8H,2,4-5H2,1,3H3,(H,9,10);1H4/b6-4-,7-5-,12-8+,13-10-;;/t14-;8-;/m00./s1. The molecule has 0 aliphatic carbocycles. The van der Waals surface area contributed by atoms with Crippen molar-refractivity contribution in [3.63, 3.8) is 0 Å². The van der Waals surface area contributed by atoms with Crippen molar-refractivity contribution in [1.29, 1.82) is 0 Å². The Morgan fingerprint density at radius 3 is 2.16 bits per heavy atom. The number of hydrogen-bond acceptors (Lipinski definition) is 4. The van der Waals surface area contributed by atoms with Crippen LogP contribution < -0.4 is 16.0 Å². The number of allylic oxidation sites excluding steroid dienone is 6. The van der Waals surface area contributed by atoms with Crippen molar-refractivity contribution in [3.8, 4) is 0 Å². The molecule has 176 valence electrons. The number of amides is 2. The van der Waals surface area contributed by atoms with Crippen LogP contribution in [-0.4, -0.2) is 43.0 Å². The zero-order valence-corrected chi connectivity index (χ0v) is 18.8. The van der Waals surface area contributed by atoms with E-state index >= 15 is 0 Å². The molecule has 31 heavy (non-hydrogen) atoms. The van der Waals surface area contributed by atoms with E-state index in [2.05, 4.69) is 29.5 Å². The first kappa shape index (κ1) is 32.6. The molecule has 0 aromatic heterocycles. The second-order valence-electron chi connectivity index (χ2n) is 6.40. The first-order valence-corrected chi connectivity index (χ1v) is 9.94. The molecule has 0 spiro atoms. The molecule has 0 saturated heterocycles. The molecule has 0 saturated carbocycles. The van der Waals surface area contributed by atoms with Crippen molar-refractivity contribution in [2.24, 2.45) is 0 Å². The van der Waals surface area contributed by atoms with Crippen LogP contribution in [0.3, 0.4) is 0 Å². The van der Waals surface area contributed by atoms with Crippen LogP contribution in [-0.2, 0) is 14.4 Å². The van der Waals surface area contributed by atoms with Crippen molar-refractivity contribution in [3.05, 3.63) is 59.9 Å². The molecule has 0 aromatic carbocycles. The van der Waals surface area contributed by atoms with Gasteiger partial charge >= 0.3 is 5.97 Å².